The Morgan fingerprint density at radius 3 is 3.11 bits per heavy atom. The van der Waals surface area contributed by atoms with E-state index in [0.29, 0.717) is 17.2 Å². The van der Waals surface area contributed by atoms with Crippen molar-refractivity contribution in [3.8, 4) is 0 Å². The monoisotopic (exact) mass is 259 g/mol. The molecule has 1 fully saturated rings. The predicted molar refractivity (Wildman–Crippen MR) is 69.9 cm³/mol. The zero-order valence-electron chi connectivity index (χ0n) is 10.9. The Kier molecular flexibility index (Phi) is 3.11. The third-order valence-corrected chi connectivity index (χ3v) is 3.76. The Morgan fingerprint density at radius 1 is 1.53 bits per heavy atom. The second-order valence-electron chi connectivity index (χ2n) is 4.99. The number of amides is 1. The number of carbonyl (C=O) groups is 1. The maximum absolute atomic E-state index is 12.4. The molecular weight excluding hydrogens is 242 g/mol. The normalized spacial score (nSPS) is 19.6. The highest BCUT2D eigenvalue weighted by Gasteiger charge is 2.27. The molecule has 1 aliphatic heterocycles. The second kappa shape index (κ2) is 4.91. The number of carbonyl (C=O) groups excluding carboxylic acids is 1. The number of likely N-dealkylation sites (tertiary alicyclic amines) is 1. The number of rotatable bonds is 2. The number of nitrogens with zero attached hydrogens (tertiary/aromatic N) is 2. The number of aromatic amines is 1. The van der Waals surface area contributed by atoms with Crippen molar-refractivity contribution in [2.24, 2.45) is 0 Å². The van der Waals surface area contributed by atoms with Crippen molar-refractivity contribution in [1.29, 1.82) is 0 Å². The van der Waals surface area contributed by atoms with Crippen LogP contribution < -0.4 is 0 Å². The van der Waals surface area contributed by atoms with Gasteiger partial charge in [-0.1, -0.05) is 0 Å². The average molecular weight is 259 g/mol. The van der Waals surface area contributed by atoms with Crippen molar-refractivity contribution in [3.63, 3.8) is 0 Å². The molecule has 1 saturated heterocycles. The molecule has 5 heteroatoms. The zero-order valence-corrected chi connectivity index (χ0v) is 10.9. The number of furan rings is 1. The third-order valence-electron chi connectivity index (χ3n) is 3.76. The van der Waals surface area contributed by atoms with E-state index in [-0.39, 0.29) is 5.91 Å². The number of nitrogens with one attached hydrogen (secondary N) is 1. The Labute approximate surface area is 111 Å². The summed E-state index contributed by atoms with van der Waals surface area (Å²) in [5, 5.41) is 6.99. The average Bonchev–Trinajstić information content (AvgIpc) is 3.09. The number of H-pyrrole nitrogens is 1. The van der Waals surface area contributed by atoms with Crippen LogP contribution in [-0.2, 0) is 0 Å². The second-order valence-corrected chi connectivity index (χ2v) is 4.99. The molecule has 0 saturated carbocycles. The summed E-state index contributed by atoms with van der Waals surface area (Å²) < 4.78 is 5.21. The van der Waals surface area contributed by atoms with Gasteiger partial charge in [0.2, 0.25) is 0 Å². The predicted octanol–water partition coefficient (Wildman–Crippen LogP) is 2.33. The van der Waals surface area contributed by atoms with Gasteiger partial charge in [0.05, 0.1) is 11.8 Å². The van der Waals surface area contributed by atoms with Gasteiger partial charge in [0.1, 0.15) is 5.76 Å². The fraction of sp³-hybridized carbons (Fsp3) is 0.429. The van der Waals surface area contributed by atoms with E-state index in [0.717, 1.165) is 31.6 Å². The molecule has 0 aromatic carbocycles. The van der Waals surface area contributed by atoms with Gasteiger partial charge in [-0.3, -0.25) is 9.89 Å². The molecule has 0 aliphatic carbocycles. The van der Waals surface area contributed by atoms with Gasteiger partial charge in [-0.25, -0.2) is 0 Å². The summed E-state index contributed by atoms with van der Waals surface area (Å²) >= 11 is 0. The highest BCUT2D eigenvalue weighted by Crippen LogP contribution is 2.26. The minimum absolute atomic E-state index is 0.0652. The molecule has 0 radical (unpaired) electrons. The molecule has 2 aromatic heterocycles. The molecule has 0 bridgehead atoms. The number of hydrogen-bond acceptors (Lipinski definition) is 3. The number of hydrogen-bond donors (Lipinski definition) is 1. The first kappa shape index (κ1) is 12.0. The van der Waals surface area contributed by atoms with E-state index in [1.807, 2.05) is 17.9 Å². The molecule has 2 aromatic rings. The lowest BCUT2D eigenvalue weighted by Gasteiger charge is -2.32. The molecule has 19 heavy (non-hydrogen) atoms. The molecule has 100 valence electrons. The van der Waals surface area contributed by atoms with Crippen LogP contribution in [0.3, 0.4) is 0 Å². The first-order valence-corrected chi connectivity index (χ1v) is 6.58. The minimum Gasteiger partial charge on any atom is -0.469 e. The van der Waals surface area contributed by atoms with Gasteiger partial charge in [0.25, 0.3) is 5.91 Å². The van der Waals surface area contributed by atoms with Crippen LogP contribution in [0.1, 0.15) is 40.6 Å². The lowest BCUT2D eigenvalue weighted by Crippen LogP contribution is -2.39. The van der Waals surface area contributed by atoms with Crippen molar-refractivity contribution in [2.45, 2.75) is 25.7 Å². The van der Waals surface area contributed by atoms with Crippen LogP contribution in [0.5, 0.6) is 0 Å². The zero-order chi connectivity index (χ0) is 13.2. The maximum Gasteiger partial charge on any atom is 0.257 e. The van der Waals surface area contributed by atoms with Crippen molar-refractivity contribution in [2.75, 3.05) is 13.1 Å². The standard InChI is InChI=1S/C14H17N3O2/c1-10-12(5-8-19-10)14(18)17-7-2-3-11(9-17)13-4-6-15-16-13/h4-6,8,11H,2-3,7,9H2,1H3,(H,15,16). The largest absolute Gasteiger partial charge is 0.469 e. The third kappa shape index (κ3) is 2.28. The Morgan fingerprint density at radius 2 is 2.42 bits per heavy atom. The molecule has 1 aliphatic rings. The van der Waals surface area contributed by atoms with Crippen molar-refractivity contribution >= 4 is 5.91 Å². The molecule has 1 amide bonds. The van der Waals surface area contributed by atoms with Crippen molar-refractivity contribution in [3.05, 3.63) is 41.6 Å². The van der Waals surface area contributed by atoms with E-state index in [4.69, 9.17) is 4.42 Å². The summed E-state index contributed by atoms with van der Waals surface area (Å²) in [6.07, 6.45) is 5.44. The van der Waals surface area contributed by atoms with Crippen molar-refractivity contribution < 1.29 is 9.21 Å². The number of aryl methyl sites for hydroxylation is 1. The molecule has 1 N–H and O–H groups in total. The number of aromatic nitrogens is 2. The SMILES string of the molecule is Cc1occc1C(=O)N1CCCC(c2ccn[nH]2)C1. The molecule has 3 heterocycles. The fourth-order valence-electron chi connectivity index (χ4n) is 2.69. The summed E-state index contributed by atoms with van der Waals surface area (Å²) in [6, 6.07) is 3.74. The van der Waals surface area contributed by atoms with E-state index in [9.17, 15) is 4.79 Å². The Balaban J connectivity index is 1.75. The number of piperidine rings is 1. The van der Waals surface area contributed by atoms with Crippen molar-refractivity contribution in [1.82, 2.24) is 15.1 Å². The van der Waals surface area contributed by atoms with Crippen LogP contribution in [0.15, 0.2) is 29.0 Å². The van der Waals surface area contributed by atoms with Crippen LogP contribution in [0, 0.1) is 6.92 Å². The first-order valence-electron chi connectivity index (χ1n) is 6.58. The topological polar surface area (TPSA) is 62.1 Å². The Bertz CT molecular complexity index is 559. The van der Waals surface area contributed by atoms with Crippen LogP contribution in [0.25, 0.3) is 0 Å². The van der Waals surface area contributed by atoms with Gasteiger partial charge < -0.3 is 9.32 Å². The summed E-state index contributed by atoms with van der Waals surface area (Å²) in [5.41, 5.74) is 1.78. The van der Waals surface area contributed by atoms with Crippen LogP contribution in [0.4, 0.5) is 0 Å². The summed E-state index contributed by atoms with van der Waals surface area (Å²) in [7, 11) is 0. The van der Waals surface area contributed by atoms with Gasteiger partial charge in [0.15, 0.2) is 0 Å². The highest BCUT2D eigenvalue weighted by atomic mass is 16.3. The van der Waals surface area contributed by atoms with E-state index in [2.05, 4.69) is 10.2 Å². The molecule has 1 unspecified atom stereocenters. The van der Waals surface area contributed by atoms with Gasteiger partial charge in [0, 0.05) is 30.9 Å². The summed E-state index contributed by atoms with van der Waals surface area (Å²) in [6.45, 7) is 3.38. The van der Waals surface area contributed by atoms with Gasteiger partial charge in [-0.05, 0) is 31.9 Å². The van der Waals surface area contributed by atoms with Gasteiger partial charge in [-0.2, -0.15) is 5.10 Å². The first-order chi connectivity index (χ1) is 9.25. The summed E-state index contributed by atoms with van der Waals surface area (Å²) in [5.74, 6) is 1.11. The molecule has 5 nitrogen and oxygen atoms in total. The lowest BCUT2D eigenvalue weighted by atomic mass is 9.94. The smallest absolute Gasteiger partial charge is 0.257 e. The lowest BCUT2D eigenvalue weighted by molar-refractivity contribution is 0.0704. The quantitative estimate of drug-likeness (QED) is 0.900. The molecular formula is C14H17N3O2. The minimum atomic E-state index is 0.0652. The van der Waals surface area contributed by atoms with Crippen LogP contribution in [0.2, 0.25) is 0 Å². The molecule has 0 spiro atoms. The molecule has 3 rings (SSSR count). The maximum atomic E-state index is 12.4. The fourth-order valence-corrected chi connectivity index (χ4v) is 2.69. The van der Waals surface area contributed by atoms with E-state index in [1.54, 1.807) is 18.5 Å². The van der Waals surface area contributed by atoms with Crippen LogP contribution >= 0.6 is 0 Å². The van der Waals surface area contributed by atoms with E-state index in [1.165, 1.54) is 0 Å². The summed E-state index contributed by atoms with van der Waals surface area (Å²) in [4.78, 5) is 14.3. The van der Waals surface area contributed by atoms with Crippen LogP contribution in [-0.4, -0.2) is 34.1 Å². The van der Waals surface area contributed by atoms with E-state index < -0.39 is 0 Å². The van der Waals surface area contributed by atoms with Gasteiger partial charge in [-0.15, -0.1) is 0 Å². The van der Waals surface area contributed by atoms with Gasteiger partial charge >= 0.3 is 0 Å². The van der Waals surface area contributed by atoms with E-state index >= 15 is 0 Å². The highest BCUT2D eigenvalue weighted by molar-refractivity contribution is 5.95. The molecule has 1 atom stereocenters. The Hall–Kier alpha value is -2.04.